The standard InChI is InChI=1S/C22H35N5O3/c1-6-11-24-19(28)17-9-7-8-16(13-17)14-25-20(23-5)27-12-10-18(15-27)26-21(29)30-22(2,3)4/h7-9,13,18H,6,10-12,14-15H2,1-5H3,(H,23,25)(H,24,28)(H,26,29). The third kappa shape index (κ3) is 7.57. The summed E-state index contributed by atoms with van der Waals surface area (Å²) in [6.07, 6.45) is 1.34. The Bertz CT molecular complexity index is 757. The Balaban J connectivity index is 1.87. The summed E-state index contributed by atoms with van der Waals surface area (Å²) in [6, 6.07) is 7.59. The molecular formula is C22H35N5O3. The Kier molecular flexibility index (Phi) is 8.50. The van der Waals surface area contributed by atoms with E-state index in [2.05, 4.69) is 25.8 Å². The van der Waals surface area contributed by atoms with Crippen molar-refractivity contribution >= 4 is 18.0 Å². The minimum absolute atomic E-state index is 0.0176. The molecule has 30 heavy (non-hydrogen) atoms. The van der Waals surface area contributed by atoms with Gasteiger partial charge in [0.2, 0.25) is 0 Å². The van der Waals surface area contributed by atoms with Crippen molar-refractivity contribution in [1.82, 2.24) is 20.9 Å². The smallest absolute Gasteiger partial charge is 0.407 e. The molecule has 1 unspecified atom stereocenters. The molecule has 3 N–H and O–H groups in total. The second-order valence-electron chi connectivity index (χ2n) is 8.43. The van der Waals surface area contributed by atoms with Gasteiger partial charge < -0.3 is 25.6 Å². The van der Waals surface area contributed by atoms with E-state index in [0.29, 0.717) is 25.2 Å². The Hall–Kier alpha value is -2.77. The maximum atomic E-state index is 12.2. The van der Waals surface area contributed by atoms with Gasteiger partial charge in [-0.1, -0.05) is 19.1 Å². The van der Waals surface area contributed by atoms with E-state index in [1.54, 1.807) is 7.05 Å². The predicted molar refractivity (Wildman–Crippen MR) is 119 cm³/mol. The average Bonchev–Trinajstić information content (AvgIpc) is 3.13. The fourth-order valence-corrected chi connectivity index (χ4v) is 3.22. The molecule has 0 aliphatic carbocycles. The molecule has 1 aliphatic rings. The molecule has 1 atom stereocenters. The van der Waals surface area contributed by atoms with Crippen LogP contribution in [0, 0.1) is 0 Å². The highest BCUT2D eigenvalue weighted by atomic mass is 16.6. The van der Waals surface area contributed by atoms with Crippen LogP contribution in [0.5, 0.6) is 0 Å². The Morgan fingerprint density at radius 2 is 2.03 bits per heavy atom. The van der Waals surface area contributed by atoms with Gasteiger partial charge in [-0.2, -0.15) is 0 Å². The van der Waals surface area contributed by atoms with Gasteiger partial charge in [-0.25, -0.2) is 4.79 Å². The lowest BCUT2D eigenvalue weighted by atomic mass is 10.1. The number of hydrogen-bond acceptors (Lipinski definition) is 4. The van der Waals surface area contributed by atoms with E-state index in [9.17, 15) is 9.59 Å². The van der Waals surface area contributed by atoms with Crippen molar-refractivity contribution in [3.05, 3.63) is 35.4 Å². The molecule has 8 nitrogen and oxygen atoms in total. The lowest BCUT2D eigenvalue weighted by Gasteiger charge is -2.23. The van der Waals surface area contributed by atoms with Crippen molar-refractivity contribution in [3.63, 3.8) is 0 Å². The van der Waals surface area contributed by atoms with Crippen LogP contribution in [0.15, 0.2) is 29.3 Å². The first-order valence-electron chi connectivity index (χ1n) is 10.5. The van der Waals surface area contributed by atoms with Crippen molar-refractivity contribution < 1.29 is 14.3 Å². The molecule has 2 rings (SSSR count). The number of aliphatic imine (C=N–C) groups is 1. The lowest BCUT2D eigenvalue weighted by Crippen LogP contribution is -2.44. The summed E-state index contributed by atoms with van der Waals surface area (Å²) in [5.41, 5.74) is 1.14. The fraction of sp³-hybridized carbons (Fsp3) is 0.591. The largest absolute Gasteiger partial charge is 0.444 e. The van der Waals surface area contributed by atoms with Crippen molar-refractivity contribution in [1.29, 1.82) is 0 Å². The van der Waals surface area contributed by atoms with Crippen LogP contribution >= 0.6 is 0 Å². The fourth-order valence-electron chi connectivity index (χ4n) is 3.22. The maximum Gasteiger partial charge on any atom is 0.407 e. The number of carbonyl (C=O) groups is 2. The van der Waals surface area contributed by atoms with E-state index in [1.807, 2.05) is 52.0 Å². The van der Waals surface area contributed by atoms with Gasteiger partial charge in [0.1, 0.15) is 5.60 Å². The third-order valence-corrected chi connectivity index (χ3v) is 4.60. The number of ether oxygens (including phenoxy) is 1. The molecule has 166 valence electrons. The molecule has 0 spiro atoms. The number of rotatable bonds is 6. The van der Waals surface area contributed by atoms with E-state index in [1.165, 1.54) is 0 Å². The van der Waals surface area contributed by atoms with Crippen LogP contribution < -0.4 is 16.0 Å². The summed E-state index contributed by atoms with van der Waals surface area (Å²) in [7, 11) is 1.74. The van der Waals surface area contributed by atoms with Gasteiger partial charge in [0.15, 0.2) is 5.96 Å². The second-order valence-corrected chi connectivity index (χ2v) is 8.43. The molecule has 1 fully saturated rings. The molecule has 1 aromatic carbocycles. The van der Waals surface area contributed by atoms with Crippen molar-refractivity contribution in [2.45, 2.75) is 58.7 Å². The van der Waals surface area contributed by atoms with Gasteiger partial charge in [-0.3, -0.25) is 9.79 Å². The first-order chi connectivity index (χ1) is 14.2. The number of likely N-dealkylation sites (tertiary alicyclic amines) is 1. The summed E-state index contributed by atoms with van der Waals surface area (Å²) in [5, 5.41) is 9.17. The summed E-state index contributed by atoms with van der Waals surface area (Å²) >= 11 is 0. The summed E-state index contributed by atoms with van der Waals surface area (Å²) in [5.74, 6) is 0.711. The normalized spacial score (nSPS) is 16.9. The maximum absolute atomic E-state index is 12.2. The van der Waals surface area contributed by atoms with Gasteiger partial charge in [0, 0.05) is 38.8 Å². The number of carbonyl (C=O) groups excluding carboxylic acids is 2. The number of nitrogens with zero attached hydrogens (tertiary/aromatic N) is 2. The van der Waals surface area contributed by atoms with Crippen LogP contribution in [-0.2, 0) is 11.3 Å². The van der Waals surface area contributed by atoms with Crippen LogP contribution in [0.3, 0.4) is 0 Å². The molecule has 1 aromatic rings. The monoisotopic (exact) mass is 417 g/mol. The highest BCUT2D eigenvalue weighted by molar-refractivity contribution is 5.94. The molecule has 0 aromatic heterocycles. The first-order valence-corrected chi connectivity index (χ1v) is 10.5. The number of benzene rings is 1. The van der Waals surface area contributed by atoms with E-state index >= 15 is 0 Å². The van der Waals surface area contributed by atoms with E-state index in [-0.39, 0.29) is 11.9 Å². The molecular weight excluding hydrogens is 382 g/mol. The zero-order chi connectivity index (χ0) is 22.1. The van der Waals surface area contributed by atoms with Crippen LogP contribution in [0.25, 0.3) is 0 Å². The van der Waals surface area contributed by atoms with E-state index < -0.39 is 11.7 Å². The first kappa shape index (κ1) is 23.5. The molecule has 0 bridgehead atoms. The molecule has 8 heteroatoms. The minimum Gasteiger partial charge on any atom is -0.444 e. The molecule has 1 heterocycles. The predicted octanol–water partition coefficient (Wildman–Crippen LogP) is 2.50. The summed E-state index contributed by atoms with van der Waals surface area (Å²) < 4.78 is 5.33. The zero-order valence-corrected chi connectivity index (χ0v) is 18.7. The SMILES string of the molecule is CCCNC(=O)c1cccc(CNC(=NC)N2CCC(NC(=O)OC(C)(C)C)C2)c1. The summed E-state index contributed by atoms with van der Waals surface area (Å²) in [4.78, 5) is 30.6. The second kappa shape index (κ2) is 10.8. The van der Waals surface area contributed by atoms with E-state index in [4.69, 9.17) is 4.74 Å². The van der Waals surface area contributed by atoms with Crippen LogP contribution in [0.2, 0.25) is 0 Å². The Labute approximate surface area is 179 Å². The zero-order valence-electron chi connectivity index (χ0n) is 18.7. The number of guanidine groups is 1. The van der Waals surface area contributed by atoms with Crippen LogP contribution in [-0.4, -0.2) is 61.2 Å². The summed E-state index contributed by atoms with van der Waals surface area (Å²) in [6.45, 7) is 10.3. The highest BCUT2D eigenvalue weighted by Crippen LogP contribution is 2.12. The van der Waals surface area contributed by atoms with Gasteiger partial charge >= 0.3 is 6.09 Å². The van der Waals surface area contributed by atoms with Gasteiger partial charge in [-0.05, 0) is 51.3 Å². The number of hydrogen-bond donors (Lipinski definition) is 3. The topological polar surface area (TPSA) is 95.1 Å². The molecule has 1 aliphatic heterocycles. The Morgan fingerprint density at radius 3 is 2.70 bits per heavy atom. The highest BCUT2D eigenvalue weighted by Gasteiger charge is 2.27. The third-order valence-electron chi connectivity index (χ3n) is 4.60. The Morgan fingerprint density at radius 1 is 1.27 bits per heavy atom. The number of amides is 2. The van der Waals surface area contributed by atoms with Crippen LogP contribution in [0.4, 0.5) is 4.79 Å². The van der Waals surface area contributed by atoms with E-state index in [0.717, 1.165) is 30.9 Å². The molecule has 1 saturated heterocycles. The number of nitrogens with one attached hydrogen (secondary N) is 3. The number of alkyl carbamates (subject to hydrolysis) is 1. The quantitative estimate of drug-likeness (QED) is 0.488. The lowest BCUT2D eigenvalue weighted by molar-refractivity contribution is 0.0507. The molecule has 0 saturated carbocycles. The van der Waals surface area contributed by atoms with Crippen LogP contribution in [0.1, 0.15) is 56.5 Å². The minimum atomic E-state index is -0.512. The molecule has 0 radical (unpaired) electrons. The van der Waals surface area contributed by atoms with Gasteiger partial charge in [-0.15, -0.1) is 0 Å². The molecule has 2 amide bonds. The van der Waals surface area contributed by atoms with Crippen molar-refractivity contribution in [2.24, 2.45) is 4.99 Å². The van der Waals surface area contributed by atoms with Crippen molar-refractivity contribution in [2.75, 3.05) is 26.7 Å². The van der Waals surface area contributed by atoms with Gasteiger partial charge in [0.25, 0.3) is 5.91 Å². The van der Waals surface area contributed by atoms with Gasteiger partial charge in [0.05, 0.1) is 6.04 Å². The average molecular weight is 418 g/mol. The van der Waals surface area contributed by atoms with Crippen molar-refractivity contribution in [3.8, 4) is 0 Å².